The lowest BCUT2D eigenvalue weighted by molar-refractivity contribution is 0.622. The number of nitrogens with one attached hydrogen (secondary N) is 1. The zero-order valence-electron chi connectivity index (χ0n) is 8.02. The Balaban J connectivity index is 2.48. The summed E-state index contributed by atoms with van der Waals surface area (Å²) in [6.07, 6.45) is 0. The second-order valence-electron chi connectivity index (χ2n) is 3.45. The Bertz CT molecular complexity index is 434. The first-order chi connectivity index (χ1) is 7.09. The first kappa shape index (κ1) is 10.9. The highest BCUT2D eigenvalue weighted by Crippen LogP contribution is 2.29. The molecule has 1 aromatic rings. The second kappa shape index (κ2) is 4.10. The van der Waals surface area contributed by atoms with Crippen molar-refractivity contribution in [1.82, 2.24) is 5.32 Å². The molecule has 0 spiro atoms. The molecule has 1 aliphatic heterocycles. The smallest absolute Gasteiger partial charge is 0.135 e. The highest BCUT2D eigenvalue weighted by molar-refractivity contribution is 9.10. The lowest BCUT2D eigenvalue weighted by Gasteiger charge is -2.09. The Morgan fingerprint density at radius 2 is 2.33 bits per heavy atom. The number of amidine groups is 1. The quantitative estimate of drug-likeness (QED) is 0.790. The molecule has 0 saturated heterocycles. The normalized spacial score (nSPS) is 20.0. The molecule has 1 aliphatic rings. The van der Waals surface area contributed by atoms with Crippen LogP contribution >= 0.6 is 27.5 Å². The van der Waals surface area contributed by atoms with E-state index in [1.807, 2.05) is 6.92 Å². The fraction of sp³-hybridized carbons (Fsp3) is 0.300. The summed E-state index contributed by atoms with van der Waals surface area (Å²) in [5.74, 6) is 0.237. The third-order valence-corrected chi connectivity index (χ3v) is 3.55. The van der Waals surface area contributed by atoms with Gasteiger partial charge in [-0.05, 0) is 35.0 Å². The molecule has 0 bridgehead atoms. The minimum absolute atomic E-state index is 0.241. The first-order valence-corrected chi connectivity index (χ1v) is 5.71. The maximum atomic E-state index is 13.6. The molecule has 1 aromatic carbocycles. The van der Waals surface area contributed by atoms with Crippen LogP contribution in [0.1, 0.15) is 12.5 Å². The van der Waals surface area contributed by atoms with Crippen molar-refractivity contribution < 1.29 is 4.39 Å². The molecule has 0 radical (unpaired) electrons. The molecule has 1 atom stereocenters. The van der Waals surface area contributed by atoms with Crippen LogP contribution < -0.4 is 5.32 Å². The van der Waals surface area contributed by atoms with Crippen LogP contribution in [-0.2, 0) is 0 Å². The standard InChI is InChI=1S/C10H9BrClFN2/c1-5-4-14-10(15-5)8-7(13)3-2-6(12)9(8)11/h2-3,5H,4H2,1H3,(H,14,15). The number of nitrogens with zero attached hydrogens (tertiary/aromatic N) is 1. The van der Waals surface area contributed by atoms with Crippen molar-refractivity contribution in [2.45, 2.75) is 13.0 Å². The summed E-state index contributed by atoms with van der Waals surface area (Å²) in [6, 6.07) is 3.10. The van der Waals surface area contributed by atoms with E-state index in [0.717, 1.165) is 0 Å². The van der Waals surface area contributed by atoms with Gasteiger partial charge in [0, 0.05) is 6.04 Å². The van der Waals surface area contributed by atoms with Gasteiger partial charge >= 0.3 is 0 Å². The summed E-state index contributed by atoms with van der Waals surface area (Å²) >= 11 is 9.17. The molecule has 15 heavy (non-hydrogen) atoms. The van der Waals surface area contributed by atoms with Gasteiger partial charge in [-0.2, -0.15) is 0 Å². The predicted octanol–water partition coefficient (Wildman–Crippen LogP) is 2.98. The molecule has 0 aliphatic carbocycles. The van der Waals surface area contributed by atoms with Gasteiger partial charge in [0.05, 0.1) is 21.6 Å². The molecule has 0 saturated carbocycles. The van der Waals surface area contributed by atoms with E-state index in [2.05, 4.69) is 26.2 Å². The zero-order valence-corrected chi connectivity index (χ0v) is 10.4. The van der Waals surface area contributed by atoms with E-state index in [0.29, 0.717) is 27.4 Å². The number of benzene rings is 1. The maximum absolute atomic E-state index is 13.6. The summed E-state index contributed by atoms with van der Waals surface area (Å²) in [6.45, 7) is 2.65. The van der Waals surface area contributed by atoms with Crippen LogP contribution in [0.4, 0.5) is 4.39 Å². The van der Waals surface area contributed by atoms with Crippen LogP contribution in [0.25, 0.3) is 0 Å². The Morgan fingerprint density at radius 1 is 1.60 bits per heavy atom. The zero-order chi connectivity index (χ0) is 11.0. The second-order valence-corrected chi connectivity index (χ2v) is 4.65. The largest absolute Gasteiger partial charge is 0.365 e. The fourth-order valence-corrected chi connectivity index (χ4v) is 2.12. The number of hydrogen-bond acceptors (Lipinski definition) is 2. The van der Waals surface area contributed by atoms with Crippen LogP contribution in [0.15, 0.2) is 21.6 Å². The minimum atomic E-state index is -0.327. The van der Waals surface area contributed by atoms with Gasteiger partial charge in [0.2, 0.25) is 0 Å². The van der Waals surface area contributed by atoms with Gasteiger partial charge in [0.1, 0.15) is 11.7 Å². The van der Waals surface area contributed by atoms with Gasteiger partial charge < -0.3 is 5.32 Å². The molecule has 2 rings (SSSR count). The summed E-state index contributed by atoms with van der Waals surface area (Å²) in [4.78, 5) is 4.23. The van der Waals surface area contributed by atoms with Crippen molar-refractivity contribution >= 4 is 33.4 Å². The summed E-state index contributed by atoms with van der Waals surface area (Å²) in [7, 11) is 0. The van der Waals surface area contributed by atoms with Crippen LogP contribution in [0.5, 0.6) is 0 Å². The van der Waals surface area contributed by atoms with E-state index in [1.54, 1.807) is 0 Å². The van der Waals surface area contributed by atoms with Crippen LogP contribution in [0.2, 0.25) is 5.02 Å². The van der Waals surface area contributed by atoms with Gasteiger partial charge in [-0.3, -0.25) is 4.99 Å². The monoisotopic (exact) mass is 290 g/mol. The Kier molecular flexibility index (Phi) is 2.98. The predicted molar refractivity (Wildman–Crippen MR) is 63.1 cm³/mol. The first-order valence-electron chi connectivity index (χ1n) is 4.54. The Morgan fingerprint density at radius 3 is 2.93 bits per heavy atom. The average molecular weight is 292 g/mol. The number of aliphatic imine (C=N–C) groups is 1. The van der Waals surface area contributed by atoms with Gasteiger partial charge in [-0.1, -0.05) is 11.6 Å². The lowest BCUT2D eigenvalue weighted by atomic mass is 10.2. The fourth-order valence-electron chi connectivity index (χ4n) is 1.45. The Hall–Kier alpha value is -0.610. The van der Waals surface area contributed by atoms with Gasteiger partial charge in [-0.25, -0.2) is 4.39 Å². The number of rotatable bonds is 1. The van der Waals surface area contributed by atoms with E-state index >= 15 is 0 Å². The molecule has 0 aromatic heterocycles. The maximum Gasteiger partial charge on any atom is 0.135 e. The molecule has 1 heterocycles. The third kappa shape index (κ3) is 2.01. The van der Waals surface area contributed by atoms with Crippen molar-refractivity contribution in [3.05, 3.63) is 33.0 Å². The van der Waals surface area contributed by atoms with E-state index < -0.39 is 0 Å². The topological polar surface area (TPSA) is 24.4 Å². The molecule has 1 N–H and O–H groups in total. The minimum Gasteiger partial charge on any atom is -0.365 e. The van der Waals surface area contributed by atoms with Gasteiger partial charge in [0.15, 0.2) is 0 Å². The van der Waals surface area contributed by atoms with Gasteiger partial charge in [-0.15, -0.1) is 0 Å². The van der Waals surface area contributed by atoms with Crippen molar-refractivity contribution in [2.75, 3.05) is 6.54 Å². The molecule has 1 unspecified atom stereocenters. The molecule has 0 amide bonds. The van der Waals surface area contributed by atoms with Crippen LogP contribution in [0, 0.1) is 5.82 Å². The highest BCUT2D eigenvalue weighted by Gasteiger charge is 2.21. The highest BCUT2D eigenvalue weighted by atomic mass is 79.9. The number of halogens is 3. The molecule has 2 nitrogen and oxygen atoms in total. The number of hydrogen-bond donors (Lipinski definition) is 1. The molecular formula is C10H9BrClFN2. The van der Waals surface area contributed by atoms with E-state index in [1.165, 1.54) is 12.1 Å². The summed E-state index contributed by atoms with van der Waals surface area (Å²) < 4.78 is 14.1. The van der Waals surface area contributed by atoms with E-state index in [-0.39, 0.29) is 11.9 Å². The van der Waals surface area contributed by atoms with E-state index in [4.69, 9.17) is 11.6 Å². The van der Waals surface area contributed by atoms with E-state index in [9.17, 15) is 4.39 Å². The Labute approximate surface area is 101 Å². The average Bonchev–Trinajstić information content (AvgIpc) is 2.59. The molecule has 0 fully saturated rings. The van der Waals surface area contributed by atoms with Crippen LogP contribution in [-0.4, -0.2) is 18.4 Å². The molecule has 5 heteroatoms. The SMILES string of the molecule is CC1CN=C(c2c(F)ccc(Cl)c2Br)N1. The van der Waals surface area contributed by atoms with Crippen LogP contribution in [0.3, 0.4) is 0 Å². The van der Waals surface area contributed by atoms with Crippen molar-refractivity contribution in [3.63, 3.8) is 0 Å². The van der Waals surface area contributed by atoms with Crippen molar-refractivity contribution in [1.29, 1.82) is 0 Å². The van der Waals surface area contributed by atoms with Crippen molar-refractivity contribution in [3.8, 4) is 0 Å². The summed E-state index contributed by atoms with van der Waals surface area (Å²) in [5, 5.41) is 3.58. The molecular weight excluding hydrogens is 282 g/mol. The summed E-state index contributed by atoms with van der Waals surface area (Å²) in [5.41, 5.74) is 0.409. The van der Waals surface area contributed by atoms with Crippen molar-refractivity contribution in [2.24, 2.45) is 4.99 Å². The molecule has 80 valence electrons. The lowest BCUT2D eigenvalue weighted by Crippen LogP contribution is -2.28. The van der Waals surface area contributed by atoms with Gasteiger partial charge in [0.25, 0.3) is 0 Å². The third-order valence-electron chi connectivity index (χ3n) is 2.19.